The molecule has 1 aromatic carbocycles. The van der Waals surface area contributed by atoms with E-state index in [2.05, 4.69) is 33.5 Å². The monoisotopic (exact) mass is 469 g/mol. The van der Waals surface area contributed by atoms with Gasteiger partial charge in [0, 0.05) is 19.3 Å². The normalized spacial score (nSPS) is 17.5. The van der Waals surface area contributed by atoms with Gasteiger partial charge >= 0.3 is 12.2 Å². The molecule has 1 aliphatic rings. The van der Waals surface area contributed by atoms with E-state index in [-0.39, 0.29) is 17.7 Å². The summed E-state index contributed by atoms with van der Waals surface area (Å²) in [6.45, 7) is 3.18. The van der Waals surface area contributed by atoms with Gasteiger partial charge in [0.15, 0.2) is 5.82 Å². The lowest BCUT2D eigenvalue weighted by Gasteiger charge is -2.33. The summed E-state index contributed by atoms with van der Waals surface area (Å²) in [6.07, 6.45) is 0.866. The zero-order valence-electron chi connectivity index (χ0n) is 18.3. The highest BCUT2D eigenvalue weighted by atomic mass is 19.4. The number of carbonyl (C=O) groups is 1. The molecule has 176 valence electrons. The Morgan fingerprint density at radius 3 is 2.71 bits per heavy atom. The van der Waals surface area contributed by atoms with Gasteiger partial charge in [-0.05, 0) is 54.3 Å². The molecule has 0 spiro atoms. The minimum Gasteiger partial charge on any atom is -0.456 e. The first-order valence-corrected chi connectivity index (χ1v) is 10.6. The third-order valence-electron chi connectivity index (χ3n) is 5.36. The molecule has 0 saturated carbocycles. The number of anilines is 1. The van der Waals surface area contributed by atoms with Crippen LogP contribution in [0.15, 0.2) is 66.5 Å². The van der Waals surface area contributed by atoms with E-state index in [0.29, 0.717) is 31.1 Å². The van der Waals surface area contributed by atoms with Crippen molar-refractivity contribution >= 4 is 17.9 Å². The Morgan fingerprint density at radius 1 is 1.18 bits per heavy atom. The van der Waals surface area contributed by atoms with Crippen molar-refractivity contribution in [3.63, 3.8) is 0 Å². The van der Waals surface area contributed by atoms with Gasteiger partial charge in [-0.2, -0.15) is 18.3 Å². The number of hydrogen-bond donors (Lipinski definition) is 1. The Kier molecular flexibility index (Phi) is 6.76. The van der Waals surface area contributed by atoms with Gasteiger partial charge in [-0.3, -0.25) is 5.32 Å². The van der Waals surface area contributed by atoms with Crippen molar-refractivity contribution in [2.75, 3.05) is 18.4 Å². The van der Waals surface area contributed by atoms with Crippen LogP contribution in [0.5, 0.6) is 11.5 Å². The predicted molar refractivity (Wildman–Crippen MR) is 120 cm³/mol. The number of benzene rings is 1. The van der Waals surface area contributed by atoms with Crippen molar-refractivity contribution in [2.24, 2.45) is 5.92 Å². The van der Waals surface area contributed by atoms with Crippen LogP contribution in [0.2, 0.25) is 0 Å². The standard InChI is InChI=1S/C24H22F3N5O2/c1-16-15-32(23(33)30-22-6-3-10-29-31-22)11-9-18(16)12-17-4-2-5-19(13-17)34-20-7-8-21(28-14-20)24(25,26)27/h2-8,10,12-14,16H,9,11,15H2,1H3,(H,30,31,33)/b18-12+. The van der Waals surface area contributed by atoms with E-state index in [0.717, 1.165) is 17.8 Å². The first-order chi connectivity index (χ1) is 16.3. The van der Waals surface area contributed by atoms with Crippen LogP contribution in [-0.4, -0.2) is 39.2 Å². The molecule has 1 aliphatic heterocycles. The molecule has 0 radical (unpaired) electrons. The number of hydrogen-bond acceptors (Lipinski definition) is 5. The lowest BCUT2D eigenvalue weighted by Crippen LogP contribution is -2.42. The van der Waals surface area contributed by atoms with Crippen LogP contribution < -0.4 is 10.1 Å². The summed E-state index contributed by atoms with van der Waals surface area (Å²) >= 11 is 0. The topological polar surface area (TPSA) is 80.2 Å². The van der Waals surface area contributed by atoms with Crippen LogP contribution in [-0.2, 0) is 6.18 Å². The lowest BCUT2D eigenvalue weighted by molar-refractivity contribution is -0.141. The Labute approximate surface area is 194 Å². The van der Waals surface area contributed by atoms with Crippen molar-refractivity contribution in [1.29, 1.82) is 0 Å². The van der Waals surface area contributed by atoms with Crippen LogP contribution in [0, 0.1) is 5.92 Å². The summed E-state index contributed by atoms with van der Waals surface area (Å²) in [7, 11) is 0. The number of alkyl halides is 3. The molecule has 1 N–H and O–H groups in total. The summed E-state index contributed by atoms with van der Waals surface area (Å²) in [5.41, 5.74) is 1.12. The highest BCUT2D eigenvalue weighted by Crippen LogP contribution is 2.30. The van der Waals surface area contributed by atoms with Gasteiger partial charge in [0.05, 0.1) is 6.20 Å². The molecule has 0 aliphatic carbocycles. The van der Waals surface area contributed by atoms with Crippen molar-refractivity contribution < 1.29 is 22.7 Å². The molecule has 3 heterocycles. The molecule has 34 heavy (non-hydrogen) atoms. The van der Waals surface area contributed by atoms with Gasteiger partial charge < -0.3 is 9.64 Å². The zero-order valence-corrected chi connectivity index (χ0v) is 18.3. The third kappa shape index (κ3) is 5.89. The molecule has 2 aromatic heterocycles. The predicted octanol–water partition coefficient (Wildman–Crippen LogP) is 5.64. The second-order valence-electron chi connectivity index (χ2n) is 7.91. The summed E-state index contributed by atoms with van der Waals surface area (Å²) < 4.78 is 43.7. The van der Waals surface area contributed by atoms with Gasteiger partial charge in [0.25, 0.3) is 0 Å². The molecular formula is C24H22F3N5O2. The average Bonchev–Trinajstić information content (AvgIpc) is 2.81. The Balaban J connectivity index is 1.39. The van der Waals surface area contributed by atoms with Crippen LogP contribution in [0.25, 0.3) is 6.08 Å². The zero-order chi connectivity index (χ0) is 24.1. The number of carbonyl (C=O) groups excluding carboxylic acids is 1. The van der Waals surface area contributed by atoms with E-state index in [1.807, 2.05) is 18.2 Å². The second-order valence-corrected chi connectivity index (χ2v) is 7.91. The molecule has 1 saturated heterocycles. The number of halogens is 3. The number of aromatic nitrogens is 3. The van der Waals surface area contributed by atoms with Crippen molar-refractivity contribution in [3.8, 4) is 11.5 Å². The first-order valence-electron chi connectivity index (χ1n) is 10.6. The van der Waals surface area contributed by atoms with Gasteiger partial charge in [-0.25, -0.2) is 9.78 Å². The van der Waals surface area contributed by atoms with E-state index in [4.69, 9.17) is 4.74 Å². The van der Waals surface area contributed by atoms with E-state index >= 15 is 0 Å². The largest absolute Gasteiger partial charge is 0.456 e. The maximum Gasteiger partial charge on any atom is 0.433 e. The number of nitrogens with zero attached hydrogens (tertiary/aromatic N) is 4. The fraction of sp³-hybridized carbons (Fsp3) is 0.250. The Hall–Kier alpha value is -3.95. The molecule has 1 unspecified atom stereocenters. The smallest absolute Gasteiger partial charge is 0.433 e. The number of pyridine rings is 1. The van der Waals surface area contributed by atoms with Gasteiger partial charge in [0.1, 0.15) is 17.2 Å². The molecule has 7 nitrogen and oxygen atoms in total. The Bertz CT molecular complexity index is 1170. The molecule has 2 amide bonds. The van der Waals surface area contributed by atoms with Gasteiger partial charge in [0.2, 0.25) is 0 Å². The van der Waals surface area contributed by atoms with Crippen molar-refractivity contribution in [1.82, 2.24) is 20.1 Å². The fourth-order valence-electron chi connectivity index (χ4n) is 3.63. The molecule has 0 bridgehead atoms. The van der Waals surface area contributed by atoms with Gasteiger partial charge in [-0.1, -0.05) is 30.7 Å². The second kappa shape index (κ2) is 9.90. The third-order valence-corrected chi connectivity index (χ3v) is 5.36. The highest BCUT2D eigenvalue weighted by molar-refractivity contribution is 5.88. The highest BCUT2D eigenvalue weighted by Gasteiger charge is 2.32. The van der Waals surface area contributed by atoms with Crippen LogP contribution >= 0.6 is 0 Å². The number of urea groups is 1. The molecule has 1 fully saturated rings. The van der Waals surface area contributed by atoms with Crippen LogP contribution in [0.4, 0.5) is 23.8 Å². The van der Waals surface area contributed by atoms with E-state index in [1.54, 1.807) is 23.1 Å². The number of rotatable bonds is 4. The van der Waals surface area contributed by atoms with E-state index in [1.165, 1.54) is 17.8 Å². The number of ether oxygens (including phenoxy) is 1. The minimum absolute atomic E-state index is 0.144. The SMILES string of the molecule is CC1CN(C(=O)Nc2cccnn2)CC/C1=C\c1cccc(Oc2ccc(C(F)(F)F)nc2)c1. The lowest BCUT2D eigenvalue weighted by atomic mass is 9.91. The minimum atomic E-state index is -4.49. The van der Waals surface area contributed by atoms with Gasteiger partial charge in [-0.15, -0.1) is 5.10 Å². The maximum atomic E-state index is 12.7. The molecule has 1 atom stereocenters. The number of likely N-dealkylation sites (tertiary alicyclic amines) is 1. The molecule has 4 rings (SSSR count). The Morgan fingerprint density at radius 2 is 2.03 bits per heavy atom. The average molecular weight is 469 g/mol. The first kappa shape index (κ1) is 23.2. The molecule has 3 aromatic rings. The van der Waals surface area contributed by atoms with E-state index < -0.39 is 11.9 Å². The number of amides is 2. The summed E-state index contributed by atoms with van der Waals surface area (Å²) in [5, 5.41) is 10.4. The summed E-state index contributed by atoms with van der Waals surface area (Å²) in [4.78, 5) is 17.7. The van der Waals surface area contributed by atoms with Crippen molar-refractivity contribution in [3.05, 3.63) is 77.8 Å². The summed E-state index contributed by atoms with van der Waals surface area (Å²) in [5.74, 6) is 1.25. The van der Waals surface area contributed by atoms with Crippen molar-refractivity contribution in [2.45, 2.75) is 19.5 Å². The number of piperidine rings is 1. The van der Waals surface area contributed by atoms with E-state index in [9.17, 15) is 18.0 Å². The fourth-order valence-corrected chi connectivity index (χ4v) is 3.63. The maximum absolute atomic E-state index is 12.7. The number of nitrogens with one attached hydrogen (secondary N) is 1. The molecular weight excluding hydrogens is 447 g/mol. The quantitative estimate of drug-likeness (QED) is 0.535. The van der Waals surface area contributed by atoms with Crippen LogP contribution in [0.1, 0.15) is 24.6 Å². The summed E-state index contributed by atoms with van der Waals surface area (Å²) in [6, 6.07) is 12.6. The molecule has 10 heteroatoms. The van der Waals surface area contributed by atoms with Crippen LogP contribution in [0.3, 0.4) is 0 Å².